The Bertz CT molecular complexity index is 413. The Morgan fingerprint density at radius 2 is 1.94 bits per heavy atom. The van der Waals surface area contributed by atoms with Gasteiger partial charge in [-0.05, 0) is 49.6 Å². The van der Waals surface area contributed by atoms with Crippen LogP contribution in [0.3, 0.4) is 0 Å². The van der Waals surface area contributed by atoms with Crippen LogP contribution < -0.4 is 10.5 Å². The predicted molar refractivity (Wildman–Crippen MR) is 69.6 cm³/mol. The topological polar surface area (TPSA) is 52.3 Å². The van der Waals surface area contributed by atoms with Gasteiger partial charge in [-0.3, -0.25) is 4.79 Å². The highest BCUT2D eigenvalue weighted by atomic mass is 16.5. The molecule has 0 amide bonds. The number of aryl methyl sites for hydroxylation is 2. The molecule has 0 aliphatic heterocycles. The maximum atomic E-state index is 12.1. The summed E-state index contributed by atoms with van der Waals surface area (Å²) in [5.41, 5.74) is 8.44. The van der Waals surface area contributed by atoms with Gasteiger partial charge >= 0.3 is 0 Å². The average Bonchev–Trinajstić information content (AvgIpc) is 2.31. The molecule has 0 bridgehead atoms. The van der Waals surface area contributed by atoms with E-state index in [1.807, 2.05) is 32.9 Å². The first-order chi connectivity index (χ1) is 7.99. The number of ether oxygens (including phenoxy) is 1. The fourth-order valence-corrected chi connectivity index (χ4v) is 1.69. The van der Waals surface area contributed by atoms with Gasteiger partial charge in [-0.15, -0.1) is 0 Å². The van der Waals surface area contributed by atoms with Crippen molar-refractivity contribution in [2.45, 2.75) is 27.2 Å². The van der Waals surface area contributed by atoms with E-state index in [1.54, 1.807) is 7.11 Å². The van der Waals surface area contributed by atoms with E-state index in [4.69, 9.17) is 10.5 Å². The minimum atomic E-state index is 0.0999. The SMILES string of the molecule is COc1cc(C)c(C)cc1C(=O)CC(C)CN. The number of hydrogen-bond donors (Lipinski definition) is 1. The smallest absolute Gasteiger partial charge is 0.166 e. The summed E-state index contributed by atoms with van der Waals surface area (Å²) in [6.45, 7) is 6.51. The van der Waals surface area contributed by atoms with Gasteiger partial charge in [-0.1, -0.05) is 6.92 Å². The Morgan fingerprint density at radius 3 is 2.47 bits per heavy atom. The van der Waals surface area contributed by atoms with Crippen LogP contribution in [0.2, 0.25) is 0 Å². The third-order valence-corrected chi connectivity index (χ3v) is 3.05. The largest absolute Gasteiger partial charge is 0.496 e. The van der Waals surface area contributed by atoms with Crippen LogP contribution in [0, 0.1) is 19.8 Å². The standard InChI is InChI=1S/C14H21NO2/c1-9(8-15)5-13(16)12-6-10(2)11(3)7-14(12)17-4/h6-7,9H,5,8,15H2,1-4H3. The van der Waals surface area contributed by atoms with Crippen LogP contribution in [-0.4, -0.2) is 19.4 Å². The Morgan fingerprint density at radius 1 is 1.35 bits per heavy atom. The highest BCUT2D eigenvalue weighted by molar-refractivity contribution is 5.99. The number of carbonyl (C=O) groups is 1. The van der Waals surface area contributed by atoms with Crippen molar-refractivity contribution >= 4 is 5.78 Å². The van der Waals surface area contributed by atoms with Crippen LogP contribution in [0.15, 0.2) is 12.1 Å². The van der Waals surface area contributed by atoms with Crippen LogP contribution >= 0.6 is 0 Å². The molecule has 0 aromatic heterocycles. The lowest BCUT2D eigenvalue weighted by atomic mass is 9.96. The molecule has 1 atom stereocenters. The molecule has 17 heavy (non-hydrogen) atoms. The molecule has 0 fully saturated rings. The first-order valence-electron chi connectivity index (χ1n) is 5.88. The molecule has 1 rings (SSSR count). The zero-order valence-corrected chi connectivity index (χ0v) is 11.0. The van der Waals surface area contributed by atoms with Crippen molar-refractivity contribution in [2.24, 2.45) is 11.7 Å². The van der Waals surface area contributed by atoms with E-state index < -0.39 is 0 Å². The van der Waals surface area contributed by atoms with E-state index in [0.717, 1.165) is 11.1 Å². The average molecular weight is 235 g/mol. The van der Waals surface area contributed by atoms with Gasteiger partial charge in [0, 0.05) is 6.42 Å². The van der Waals surface area contributed by atoms with Gasteiger partial charge in [-0.25, -0.2) is 0 Å². The van der Waals surface area contributed by atoms with Gasteiger partial charge in [-0.2, -0.15) is 0 Å². The minimum absolute atomic E-state index is 0.0999. The quantitative estimate of drug-likeness (QED) is 0.798. The summed E-state index contributed by atoms with van der Waals surface area (Å²) < 4.78 is 5.27. The Balaban J connectivity index is 3.03. The fraction of sp³-hybridized carbons (Fsp3) is 0.500. The van der Waals surface area contributed by atoms with Gasteiger partial charge in [0.05, 0.1) is 12.7 Å². The zero-order chi connectivity index (χ0) is 13.0. The van der Waals surface area contributed by atoms with Crippen molar-refractivity contribution in [1.82, 2.24) is 0 Å². The van der Waals surface area contributed by atoms with E-state index in [2.05, 4.69) is 0 Å². The lowest BCUT2D eigenvalue weighted by Crippen LogP contribution is -2.16. The normalized spacial score (nSPS) is 12.3. The highest BCUT2D eigenvalue weighted by Gasteiger charge is 2.16. The molecule has 0 saturated carbocycles. The summed E-state index contributed by atoms with van der Waals surface area (Å²) in [5.74, 6) is 0.957. The van der Waals surface area contributed by atoms with Crippen molar-refractivity contribution in [3.05, 3.63) is 28.8 Å². The van der Waals surface area contributed by atoms with Crippen molar-refractivity contribution in [3.63, 3.8) is 0 Å². The predicted octanol–water partition coefficient (Wildman–Crippen LogP) is 2.48. The van der Waals surface area contributed by atoms with Gasteiger partial charge < -0.3 is 10.5 Å². The van der Waals surface area contributed by atoms with Crippen LogP contribution in [0.5, 0.6) is 5.75 Å². The highest BCUT2D eigenvalue weighted by Crippen LogP contribution is 2.25. The number of Topliss-reactive ketones (excluding diaryl/α,β-unsaturated/α-hetero) is 1. The lowest BCUT2D eigenvalue weighted by molar-refractivity contribution is 0.0963. The van der Waals surface area contributed by atoms with Gasteiger partial charge in [0.2, 0.25) is 0 Å². The van der Waals surface area contributed by atoms with Crippen molar-refractivity contribution in [1.29, 1.82) is 0 Å². The molecule has 0 spiro atoms. The molecule has 0 heterocycles. The number of nitrogens with two attached hydrogens (primary N) is 1. The Kier molecular flexibility index (Phi) is 4.70. The van der Waals surface area contributed by atoms with Crippen molar-refractivity contribution in [2.75, 3.05) is 13.7 Å². The molecule has 3 nitrogen and oxygen atoms in total. The monoisotopic (exact) mass is 235 g/mol. The van der Waals surface area contributed by atoms with Gasteiger partial charge in [0.15, 0.2) is 5.78 Å². The molecular formula is C14H21NO2. The number of ketones is 1. The van der Waals surface area contributed by atoms with Crippen molar-refractivity contribution < 1.29 is 9.53 Å². The van der Waals surface area contributed by atoms with Crippen LogP contribution in [-0.2, 0) is 0 Å². The molecule has 94 valence electrons. The Labute approximate surface area is 103 Å². The second kappa shape index (κ2) is 5.82. The van der Waals surface area contributed by atoms with Gasteiger partial charge in [0.25, 0.3) is 0 Å². The van der Waals surface area contributed by atoms with E-state index >= 15 is 0 Å². The molecule has 2 N–H and O–H groups in total. The Hall–Kier alpha value is -1.35. The molecule has 3 heteroatoms. The number of carbonyl (C=O) groups excluding carboxylic acids is 1. The molecule has 1 unspecified atom stereocenters. The molecule has 1 aromatic rings. The fourth-order valence-electron chi connectivity index (χ4n) is 1.69. The minimum Gasteiger partial charge on any atom is -0.496 e. The van der Waals surface area contributed by atoms with Gasteiger partial charge in [0.1, 0.15) is 5.75 Å². The molecule has 0 radical (unpaired) electrons. The molecular weight excluding hydrogens is 214 g/mol. The molecule has 0 aliphatic rings. The third-order valence-electron chi connectivity index (χ3n) is 3.05. The second-order valence-electron chi connectivity index (χ2n) is 4.60. The lowest BCUT2D eigenvalue weighted by Gasteiger charge is -2.13. The molecule has 0 aliphatic carbocycles. The number of rotatable bonds is 5. The van der Waals surface area contributed by atoms with E-state index in [0.29, 0.717) is 24.3 Å². The van der Waals surface area contributed by atoms with Crippen LogP contribution in [0.25, 0.3) is 0 Å². The van der Waals surface area contributed by atoms with Crippen LogP contribution in [0.4, 0.5) is 0 Å². The molecule has 1 aromatic carbocycles. The summed E-state index contributed by atoms with van der Waals surface area (Å²) in [6, 6.07) is 3.81. The third kappa shape index (κ3) is 3.30. The number of hydrogen-bond acceptors (Lipinski definition) is 3. The summed E-state index contributed by atoms with van der Waals surface area (Å²) in [4.78, 5) is 12.1. The zero-order valence-electron chi connectivity index (χ0n) is 11.0. The number of methoxy groups -OCH3 is 1. The first kappa shape index (κ1) is 13.7. The maximum Gasteiger partial charge on any atom is 0.166 e. The summed E-state index contributed by atoms with van der Waals surface area (Å²) >= 11 is 0. The number of benzene rings is 1. The van der Waals surface area contributed by atoms with E-state index in [1.165, 1.54) is 0 Å². The van der Waals surface area contributed by atoms with Crippen molar-refractivity contribution in [3.8, 4) is 5.75 Å². The summed E-state index contributed by atoms with van der Waals surface area (Å²) in [7, 11) is 1.59. The molecule has 0 saturated heterocycles. The summed E-state index contributed by atoms with van der Waals surface area (Å²) in [6.07, 6.45) is 0.468. The van der Waals surface area contributed by atoms with E-state index in [-0.39, 0.29) is 11.7 Å². The summed E-state index contributed by atoms with van der Waals surface area (Å²) in [5, 5.41) is 0. The van der Waals surface area contributed by atoms with Crippen LogP contribution in [0.1, 0.15) is 34.8 Å². The van der Waals surface area contributed by atoms with E-state index in [9.17, 15) is 4.79 Å². The first-order valence-corrected chi connectivity index (χ1v) is 5.88. The maximum absolute atomic E-state index is 12.1. The second-order valence-corrected chi connectivity index (χ2v) is 4.60.